The molecule has 0 aliphatic rings. The molecule has 0 aliphatic heterocycles. The molecule has 3 N–H and O–H groups in total. The molecule has 1 aromatic rings. The zero-order valence-corrected chi connectivity index (χ0v) is 14.6. The first-order valence-electron chi connectivity index (χ1n) is 7.77. The van der Waals surface area contributed by atoms with Crippen LogP contribution in [0, 0.1) is 6.92 Å². The largest absolute Gasteiger partial charge is 0.489 e. The summed E-state index contributed by atoms with van der Waals surface area (Å²) >= 11 is 0. The molecule has 0 spiro atoms. The normalized spacial score (nSPS) is 11.0. The van der Waals surface area contributed by atoms with Crippen LogP contribution in [-0.2, 0) is 9.53 Å². The van der Waals surface area contributed by atoms with Crippen LogP contribution in [0.3, 0.4) is 0 Å². The molecule has 1 rings (SSSR count). The number of methoxy groups -OCH3 is 1. The third-order valence-electron chi connectivity index (χ3n) is 3.35. The lowest BCUT2D eigenvalue weighted by molar-refractivity contribution is -0.137. The van der Waals surface area contributed by atoms with Crippen molar-refractivity contribution >= 4 is 17.7 Å². The fourth-order valence-corrected chi connectivity index (χ4v) is 2.03. The highest BCUT2D eigenvalue weighted by Crippen LogP contribution is 2.26. The van der Waals surface area contributed by atoms with Crippen molar-refractivity contribution in [1.29, 1.82) is 0 Å². The van der Waals surface area contributed by atoms with Gasteiger partial charge in [0.1, 0.15) is 12.4 Å². The van der Waals surface area contributed by atoms with Gasteiger partial charge in [0, 0.05) is 19.1 Å². The lowest BCUT2D eigenvalue weighted by Gasteiger charge is -2.26. The Morgan fingerprint density at radius 3 is 2.58 bits per heavy atom. The maximum Gasteiger partial charge on any atom is 0.319 e. The molecule has 0 aliphatic carbocycles. The lowest BCUT2D eigenvalue weighted by atomic mass is 9.99. The van der Waals surface area contributed by atoms with Gasteiger partial charge in [-0.25, -0.2) is 4.79 Å². The molecule has 0 radical (unpaired) electrons. The first-order chi connectivity index (χ1) is 11.2. The van der Waals surface area contributed by atoms with Crippen molar-refractivity contribution < 1.29 is 24.2 Å². The average Bonchev–Trinajstić information content (AvgIpc) is 2.48. The van der Waals surface area contributed by atoms with Gasteiger partial charge in [-0.1, -0.05) is 6.07 Å². The Kier molecular flexibility index (Phi) is 7.51. The highest BCUT2D eigenvalue weighted by molar-refractivity contribution is 5.91. The van der Waals surface area contributed by atoms with E-state index in [0.29, 0.717) is 31.1 Å². The van der Waals surface area contributed by atoms with Gasteiger partial charge in [0.2, 0.25) is 0 Å². The maximum absolute atomic E-state index is 12.2. The molecule has 0 bridgehead atoms. The van der Waals surface area contributed by atoms with Gasteiger partial charge in [-0.2, -0.15) is 0 Å². The number of ether oxygens (including phenoxy) is 2. The summed E-state index contributed by atoms with van der Waals surface area (Å²) in [6.07, 6.45) is 0.323. The molecule has 0 fully saturated rings. The molecule has 7 nitrogen and oxygen atoms in total. The monoisotopic (exact) mass is 338 g/mol. The number of benzene rings is 1. The van der Waals surface area contributed by atoms with E-state index < -0.39 is 17.5 Å². The van der Waals surface area contributed by atoms with Crippen molar-refractivity contribution in [3.63, 3.8) is 0 Å². The Morgan fingerprint density at radius 1 is 1.25 bits per heavy atom. The molecule has 24 heavy (non-hydrogen) atoms. The van der Waals surface area contributed by atoms with E-state index >= 15 is 0 Å². The second-order valence-corrected chi connectivity index (χ2v) is 6.20. The fourth-order valence-electron chi connectivity index (χ4n) is 2.03. The molecule has 7 heteroatoms. The zero-order chi connectivity index (χ0) is 18.2. The number of aryl methyl sites for hydroxylation is 1. The molecule has 0 atom stereocenters. The standard InChI is InChI=1S/C17H26N2O5/c1-12-5-6-13(14(11-12)24-10-9-23-4)18-16(22)19-17(2,3)8-7-15(20)21/h5-6,11H,7-10H2,1-4H3,(H,20,21)(H2,18,19,22). The van der Waals surface area contributed by atoms with Crippen LogP contribution in [0.4, 0.5) is 10.5 Å². The van der Waals surface area contributed by atoms with Crippen molar-refractivity contribution in [2.24, 2.45) is 0 Å². The third-order valence-corrected chi connectivity index (χ3v) is 3.35. The lowest BCUT2D eigenvalue weighted by Crippen LogP contribution is -2.45. The highest BCUT2D eigenvalue weighted by Gasteiger charge is 2.22. The van der Waals surface area contributed by atoms with Gasteiger partial charge in [0.05, 0.1) is 12.3 Å². The molecule has 0 aromatic heterocycles. The SMILES string of the molecule is COCCOc1cc(C)ccc1NC(=O)NC(C)(C)CCC(=O)O. The molecule has 0 saturated carbocycles. The summed E-state index contributed by atoms with van der Waals surface area (Å²) in [5, 5.41) is 14.3. The molecule has 0 heterocycles. The Balaban J connectivity index is 2.70. The van der Waals surface area contributed by atoms with Crippen LogP contribution < -0.4 is 15.4 Å². The second kappa shape index (κ2) is 9.12. The molecule has 134 valence electrons. The summed E-state index contributed by atoms with van der Waals surface area (Å²) in [7, 11) is 1.59. The summed E-state index contributed by atoms with van der Waals surface area (Å²) in [6.45, 7) is 6.31. The van der Waals surface area contributed by atoms with Crippen LogP contribution in [0.5, 0.6) is 5.75 Å². The first-order valence-corrected chi connectivity index (χ1v) is 7.77. The Morgan fingerprint density at radius 2 is 1.96 bits per heavy atom. The van der Waals surface area contributed by atoms with Crippen LogP contribution in [-0.4, -0.2) is 43.0 Å². The number of carbonyl (C=O) groups is 2. The quantitative estimate of drug-likeness (QED) is 0.602. The topological polar surface area (TPSA) is 96.9 Å². The number of nitrogens with one attached hydrogen (secondary N) is 2. The van der Waals surface area contributed by atoms with Crippen molar-refractivity contribution in [1.82, 2.24) is 5.32 Å². The van der Waals surface area contributed by atoms with E-state index in [1.807, 2.05) is 19.1 Å². The van der Waals surface area contributed by atoms with Gasteiger partial charge in [0.15, 0.2) is 0 Å². The van der Waals surface area contributed by atoms with Crippen LogP contribution in [0.2, 0.25) is 0 Å². The highest BCUT2D eigenvalue weighted by atomic mass is 16.5. The number of hydrogen-bond donors (Lipinski definition) is 3. The number of amides is 2. The number of urea groups is 1. The van der Waals surface area contributed by atoms with Crippen molar-refractivity contribution in [3.8, 4) is 5.75 Å². The summed E-state index contributed by atoms with van der Waals surface area (Å²) in [5.41, 5.74) is 0.919. The van der Waals surface area contributed by atoms with Crippen molar-refractivity contribution in [3.05, 3.63) is 23.8 Å². The van der Waals surface area contributed by atoms with Crippen LogP contribution in [0.25, 0.3) is 0 Å². The molecular formula is C17H26N2O5. The summed E-state index contributed by atoms with van der Waals surface area (Å²) in [4.78, 5) is 22.9. The van der Waals surface area contributed by atoms with Gasteiger partial charge >= 0.3 is 12.0 Å². The van der Waals surface area contributed by atoms with E-state index in [0.717, 1.165) is 5.56 Å². The van der Waals surface area contributed by atoms with E-state index in [1.54, 1.807) is 27.0 Å². The number of aliphatic carboxylic acids is 1. The summed E-state index contributed by atoms with van der Waals surface area (Å²) in [5.74, 6) is -0.330. The summed E-state index contributed by atoms with van der Waals surface area (Å²) < 4.78 is 10.6. The van der Waals surface area contributed by atoms with E-state index in [4.69, 9.17) is 14.6 Å². The van der Waals surface area contributed by atoms with Gasteiger partial charge in [-0.15, -0.1) is 0 Å². The number of rotatable bonds is 9. The van der Waals surface area contributed by atoms with E-state index in [1.165, 1.54) is 0 Å². The number of carbonyl (C=O) groups excluding carboxylic acids is 1. The second-order valence-electron chi connectivity index (χ2n) is 6.20. The number of carboxylic acids is 1. The predicted molar refractivity (Wildman–Crippen MR) is 91.7 cm³/mol. The molecule has 2 amide bonds. The Hall–Kier alpha value is -2.28. The first kappa shape index (κ1) is 19.8. The van der Waals surface area contributed by atoms with E-state index in [-0.39, 0.29) is 6.42 Å². The Bertz CT molecular complexity index is 572. The zero-order valence-electron chi connectivity index (χ0n) is 14.6. The minimum absolute atomic E-state index is 0.0107. The van der Waals surface area contributed by atoms with Gasteiger partial charge in [0.25, 0.3) is 0 Å². The van der Waals surface area contributed by atoms with Crippen LogP contribution in [0.1, 0.15) is 32.3 Å². The molecule has 0 saturated heterocycles. The van der Waals surface area contributed by atoms with Crippen molar-refractivity contribution in [2.75, 3.05) is 25.6 Å². The number of hydrogen-bond acceptors (Lipinski definition) is 4. The van der Waals surface area contributed by atoms with Gasteiger partial charge < -0.3 is 25.2 Å². The van der Waals surface area contributed by atoms with Crippen LogP contribution in [0.15, 0.2) is 18.2 Å². The van der Waals surface area contributed by atoms with Gasteiger partial charge in [-0.05, 0) is 44.9 Å². The number of anilines is 1. The van der Waals surface area contributed by atoms with E-state index in [2.05, 4.69) is 10.6 Å². The van der Waals surface area contributed by atoms with Gasteiger partial charge in [-0.3, -0.25) is 4.79 Å². The summed E-state index contributed by atoms with van der Waals surface area (Å²) in [6, 6.07) is 5.06. The van der Waals surface area contributed by atoms with Crippen LogP contribution >= 0.6 is 0 Å². The third kappa shape index (κ3) is 7.32. The fraction of sp³-hybridized carbons (Fsp3) is 0.529. The molecule has 1 aromatic carbocycles. The molecule has 0 unspecified atom stereocenters. The Labute approximate surface area is 142 Å². The predicted octanol–water partition coefficient (Wildman–Crippen LogP) is 2.79. The molecular weight excluding hydrogens is 312 g/mol. The van der Waals surface area contributed by atoms with Crippen molar-refractivity contribution in [2.45, 2.75) is 39.2 Å². The minimum Gasteiger partial charge on any atom is -0.489 e. The number of carboxylic acid groups (broad SMARTS) is 1. The average molecular weight is 338 g/mol. The van der Waals surface area contributed by atoms with E-state index in [9.17, 15) is 9.59 Å². The minimum atomic E-state index is -0.891. The smallest absolute Gasteiger partial charge is 0.319 e. The maximum atomic E-state index is 12.2.